The van der Waals surface area contributed by atoms with Gasteiger partial charge < -0.3 is 24.8 Å². The molecule has 0 saturated heterocycles. The van der Waals surface area contributed by atoms with Crippen LogP contribution in [0.2, 0.25) is 0 Å². The Labute approximate surface area is 212 Å². The number of pyridine rings is 1. The number of hydrogen-bond donors (Lipinski definition) is 2. The Hall–Kier alpha value is -3.01. The Morgan fingerprint density at radius 3 is 2.45 bits per heavy atom. The van der Waals surface area contributed by atoms with Gasteiger partial charge in [0.1, 0.15) is 5.75 Å². The highest BCUT2D eigenvalue weighted by Crippen LogP contribution is 2.30. The maximum Gasteiger partial charge on any atom is 0.219 e. The Morgan fingerprint density at radius 2 is 1.76 bits per heavy atom. The zero-order valence-corrected chi connectivity index (χ0v) is 21.5. The lowest BCUT2D eigenvalue weighted by molar-refractivity contribution is 0.319. The van der Waals surface area contributed by atoms with Crippen LogP contribution in [0.4, 0.5) is 0 Å². The fraction of sp³-hybridized carbons (Fsp3) is 0.280. The summed E-state index contributed by atoms with van der Waals surface area (Å²) in [5.74, 6) is 3.42. The fourth-order valence-electron chi connectivity index (χ4n) is 2.97. The van der Waals surface area contributed by atoms with E-state index in [1.54, 1.807) is 13.3 Å². The average Bonchev–Trinajstić information content (AvgIpc) is 2.83. The molecule has 0 saturated carbocycles. The van der Waals surface area contributed by atoms with E-state index in [0.29, 0.717) is 37.1 Å². The summed E-state index contributed by atoms with van der Waals surface area (Å²) in [5, 5.41) is 6.61. The molecule has 0 radical (unpaired) electrons. The molecule has 3 rings (SSSR count). The number of aliphatic imine (C=N–C) groups is 1. The van der Waals surface area contributed by atoms with Crippen molar-refractivity contribution in [2.75, 3.05) is 20.3 Å². The van der Waals surface area contributed by atoms with Gasteiger partial charge in [0.15, 0.2) is 17.5 Å². The first-order valence-electron chi connectivity index (χ1n) is 10.7. The summed E-state index contributed by atoms with van der Waals surface area (Å²) >= 11 is 0. The van der Waals surface area contributed by atoms with Gasteiger partial charge in [-0.05, 0) is 49.2 Å². The molecular formula is C25H31IN4O3. The lowest BCUT2D eigenvalue weighted by Crippen LogP contribution is -2.36. The van der Waals surface area contributed by atoms with Gasteiger partial charge in [0.25, 0.3) is 0 Å². The van der Waals surface area contributed by atoms with Crippen molar-refractivity contribution in [2.24, 2.45) is 4.99 Å². The van der Waals surface area contributed by atoms with Crippen LogP contribution in [0.3, 0.4) is 0 Å². The average molecular weight is 562 g/mol. The van der Waals surface area contributed by atoms with Crippen LogP contribution in [0.5, 0.6) is 23.1 Å². The van der Waals surface area contributed by atoms with Gasteiger partial charge in [0.05, 0.1) is 20.3 Å². The maximum absolute atomic E-state index is 5.88. The van der Waals surface area contributed by atoms with Gasteiger partial charge in [-0.15, -0.1) is 24.0 Å². The molecule has 0 aliphatic rings. The van der Waals surface area contributed by atoms with E-state index in [0.717, 1.165) is 29.4 Å². The Bertz CT molecular complexity index is 1010. The van der Waals surface area contributed by atoms with Gasteiger partial charge in [-0.1, -0.05) is 30.3 Å². The summed E-state index contributed by atoms with van der Waals surface area (Å²) in [6.45, 7) is 6.47. The largest absolute Gasteiger partial charge is 0.497 e. The van der Waals surface area contributed by atoms with E-state index in [1.807, 2.05) is 74.5 Å². The van der Waals surface area contributed by atoms with Crippen LogP contribution in [-0.4, -0.2) is 31.2 Å². The molecule has 1 heterocycles. The number of methoxy groups -OCH3 is 1. The molecule has 0 aliphatic heterocycles. The summed E-state index contributed by atoms with van der Waals surface area (Å²) in [5.41, 5.74) is 2.10. The van der Waals surface area contributed by atoms with Crippen LogP contribution in [0.25, 0.3) is 0 Å². The summed E-state index contributed by atoms with van der Waals surface area (Å²) in [4.78, 5) is 9.07. The summed E-state index contributed by atoms with van der Waals surface area (Å²) in [6, 6.07) is 19.3. The number of ether oxygens (including phenoxy) is 3. The number of rotatable bonds is 10. The first-order valence-corrected chi connectivity index (χ1v) is 10.7. The molecule has 1 aromatic heterocycles. The van der Waals surface area contributed by atoms with Gasteiger partial charge in [0.2, 0.25) is 5.88 Å². The highest BCUT2D eigenvalue weighted by atomic mass is 127. The number of nitrogens with one attached hydrogen (secondary N) is 2. The third-order valence-electron chi connectivity index (χ3n) is 4.52. The van der Waals surface area contributed by atoms with Crippen molar-refractivity contribution in [2.45, 2.75) is 26.9 Å². The van der Waals surface area contributed by atoms with Crippen molar-refractivity contribution in [3.63, 3.8) is 0 Å². The second kappa shape index (κ2) is 14.2. The molecule has 0 spiro atoms. The molecule has 2 aromatic carbocycles. The van der Waals surface area contributed by atoms with Crippen LogP contribution < -0.4 is 24.8 Å². The second-order valence-corrected chi connectivity index (χ2v) is 6.89. The second-order valence-electron chi connectivity index (χ2n) is 6.89. The zero-order chi connectivity index (χ0) is 22.6. The van der Waals surface area contributed by atoms with Gasteiger partial charge in [-0.2, -0.15) is 0 Å². The molecule has 0 amide bonds. The van der Waals surface area contributed by atoms with Crippen LogP contribution in [0.15, 0.2) is 71.9 Å². The number of benzene rings is 2. The molecule has 3 aromatic rings. The third-order valence-corrected chi connectivity index (χ3v) is 4.52. The standard InChI is InChI=1S/C25H30N4O3.HI/c1-4-26-25(28-16-19-9-8-10-21(15-19)30-3)29-18-20-13-14-24(27-17-20)32-23-12-7-6-11-22(23)31-5-2;/h6-15,17H,4-5,16,18H2,1-3H3,(H2,26,28,29);1H. The minimum atomic E-state index is 0. The molecule has 7 nitrogen and oxygen atoms in total. The zero-order valence-electron chi connectivity index (χ0n) is 19.2. The topological polar surface area (TPSA) is 77.0 Å². The lowest BCUT2D eigenvalue weighted by Gasteiger charge is -2.12. The smallest absolute Gasteiger partial charge is 0.219 e. The normalized spacial score (nSPS) is 10.7. The first-order chi connectivity index (χ1) is 15.7. The molecule has 0 fully saturated rings. The first kappa shape index (κ1) is 26.2. The molecule has 33 heavy (non-hydrogen) atoms. The number of halogens is 1. The van der Waals surface area contributed by atoms with Gasteiger partial charge in [-0.25, -0.2) is 9.98 Å². The molecule has 8 heteroatoms. The Morgan fingerprint density at radius 1 is 0.939 bits per heavy atom. The number of aromatic nitrogens is 1. The van der Waals surface area contributed by atoms with E-state index in [4.69, 9.17) is 14.2 Å². The number of hydrogen-bond acceptors (Lipinski definition) is 5. The SMILES string of the molecule is CCNC(=NCc1ccc(Oc2ccccc2OCC)nc1)NCc1cccc(OC)c1.I. The van der Waals surface area contributed by atoms with E-state index < -0.39 is 0 Å². The van der Waals surface area contributed by atoms with Crippen molar-refractivity contribution in [3.05, 3.63) is 78.0 Å². The highest BCUT2D eigenvalue weighted by molar-refractivity contribution is 14.0. The summed E-state index contributed by atoms with van der Waals surface area (Å²) < 4.78 is 16.8. The molecule has 2 N–H and O–H groups in total. The molecule has 0 unspecified atom stereocenters. The molecule has 0 aliphatic carbocycles. The number of guanidine groups is 1. The van der Waals surface area contributed by atoms with E-state index in [-0.39, 0.29) is 24.0 Å². The van der Waals surface area contributed by atoms with Crippen LogP contribution in [-0.2, 0) is 13.1 Å². The fourth-order valence-corrected chi connectivity index (χ4v) is 2.97. The quantitative estimate of drug-likeness (QED) is 0.202. The molecule has 0 bridgehead atoms. The third kappa shape index (κ3) is 8.45. The van der Waals surface area contributed by atoms with E-state index in [2.05, 4.69) is 20.6 Å². The van der Waals surface area contributed by atoms with Crippen LogP contribution in [0.1, 0.15) is 25.0 Å². The predicted molar refractivity (Wildman–Crippen MR) is 142 cm³/mol. The minimum absolute atomic E-state index is 0. The van der Waals surface area contributed by atoms with E-state index in [9.17, 15) is 0 Å². The van der Waals surface area contributed by atoms with E-state index in [1.165, 1.54) is 0 Å². The van der Waals surface area contributed by atoms with Crippen LogP contribution >= 0.6 is 24.0 Å². The number of para-hydroxylation sites is 2. The molecule has 176 valence electrons. The molecule has 0 atom stereocenters. The minimum Gasteiger partial charge on any atom is -0.497 e. The monoisotopic (exact) mass is 562 g/mol. The van der Waals surface area contributed by atoms with Crippen molar-refractivity contribution in [1.82, 2.24) is 15.6 Å². The van der Waals surface area contributed by atoms with Crippen LogP contribution in [0, 0.1) is 0 Å². The van der Waals surface area contributed by atoms with E-state index >= 15 is 0 Å². The summed E-state index contributed by atoms with van der Waals surface area (Å²) in [7, 11) is 1.67. The summed E-state index contributed by atoms with van der Waals surface area (Å²) in [6.07, 6.45) is 1.77. The maximum atomic E-state index is 5.88. The van der Waals surface area contributed by atoms with Crippen molar-refractivity contribution in [1.29, 1.82) is 0 Å². The Balaban J connectivity index is 0.00000385. The predicted octanol–water partition coefficient (Wildman–Crippen LogP) is 5.15. The highest BCUT2D eigenvalue weighted by Gasteiger charge is 2.06. The lowest BCUT2D eigenvalue weighted by atomic mass is 10.2. The van der Waals surface area contributed by atoms with Crippen molar-refractivity contribution in [3.8, 4) is 23.1 Å². The van der Waals surface area contributed by atoms with Gasteiger partial charge in [0, 0.05) is 25.4 Å². The Kier molecular flexibility index (Phi) is 11.3. The van der Waals surface area contributed by atoms with Gasteiger partial charge >= 0.3 is 0 Å². The van der Waals surface area contributed by atoms with Crippen molar-refractivity contribution >= 4 is 29.9 Å². The molecular weight excluding hydrogens is 531 g/mol. The van der Waals surface area contributed by atoms with Crippen molar-refractivity contribution < 1.29 is 14.2 Å². The van der Waals surface area contributed by atoms with Gasteiger partial charge in [-0.3, -0.25) is 0 Å². The number of nitrogens with zero attached hydrogens (tertiary/aromatic N) is 2.